The van der Waals surface area contributed by atoms with Gasteiger partial charge in [-0.2, -0.15) is 0 Å². The van der Waals surface area contributed by atoms with Gasteiger partial charge in [0.1, 0.15) is 23.8 Å². The molecule has 154 valence electrons. The fourth-order valence-electron chi connectivity index (χ4n) is 3.17. The summed E-state index contributed by atoms with van der Waals surface area (Å²) < 4.78 is 34.4. The molecule has 8 nitrogen and oxygen atoms in total. The minimum atomic E-state index is -0.697. The monoisotopic (exact) mass is 412 g/mol. The van der Waals surface area contributed by atoms with Crippen LogP contribution in [-0.4, -0.2) is 44.5 Å². The topological polar surface area (TPSA) is 91.1 Å². The number of carbonyl (C=O) groups excluding carboxylic acids is 2. The fourth-order valence-corrected chi connectivity index (χ4v) is 3.17. The third-order valence-corrected chi connectivity index (χ3v) is 4.59. The molecule has 9 heteroatoms. The number of ether oxygens (including phenoxy) is 3. The van der Waals surface area contributed by atoms with Crippen LogP contribution in [0.15, 0.2) is 58.2 Å². The molecular weight excluding hydrogens is 395 g/mol. The van der Waals surface area contributed by atoms with E-state index in [0.717, 1.165) is 0 Å². The highest BCUT2D eigenvalue weighted by molar-refractivity contribution is 6.03. The van der Waals surface area contributed by atoms with Crippen molar-refractivity contribution in [1.29, 1.82) is 0 Å². The molecule has 0 radical (unpaired) electrons. The quantitative estimate of drug-likeness (QED) is 0.604. The van der Waals surface area contributed by atoms with Crippen LogP contribution in [0.3, 0.4) is 0 Å². The van der Waals surface area contributed by atoms with Crippen molar-refractivity contribution in [1.82, 2.24) is 4.98 Å². The highest BCUT2D eigenvalue weighted by Gasteiger charge is 2.32. The Kier molecular flexibility index (Phi) is 5.20. The van der Waals surface area contributed by atoms with Crippen LogP contribution in [0.5, 0.6) is 0 Å². The van der Waals surface area contributed by atoms with E-state index >= 15 is 0 Å². The molecule has 2 heterocycles. The zero-order valence-corrected chi connectivity index (χ0v) is 16.2. The zero-order valence-electron chi connectivity index (χ0n) is 16.2. The number of methoxy groups -OCH3 is 2. The Morgan fingerprint density at radius 3 is 2.63 bits per heavy atom. The normalized spacial score (nSPS) is 14.2. The SMILES string of the molecule is COC(=O)C1=C(C(=O)OC)N(c2ccc3nc(-c4cccc(F)c4)oc3c2)COC1. The third-order valence-electron chi connectivity index (χ3n) is 4.59. The lowest BCUT2D eigenvalue weighted by molar-refractivity contribution is -0.140. The lowest BCUT2D eigenvalue weighted by Crippen LogP contribution is -2.38. The van der Waals surface area contributed by atoms with E-state index in [9.17, 15) is 14.0 Å². The van der Waals surface area contributed by atoms with Gasteiger partial charge in [0.2, 0.25) is 5.89 Å². The van der Waals surface area contributed by atoms with E-state index in [4.69, 9.17) is 18.6 Å². The average molecular weight is 412 g/mol. The highest BCUT2D eigenvalue weighted by Crippen LogP contribution is 2.31. The Bertz CT molecular complexity index is 1170. The largest absolute Gasteiger partial charge is 0.466 e. The standard InChI is InChI=1S/C21H17FN2O6/c1-27-20(25)15-10-29-11-24(18(15)21(26)28-2)14-6-7-16-17(9-14)30-19(23-16)12-4-3-5-13(22)8-12/h3-9H,10-11H2,1-2H3. The maximum Gasteiger partial charge on any atom is 0.355 e. The molecule has 0 unspecified atom stereocenters. The predicted molar refractivity (Wildman–Crippen MR) is 104 cm³/mol. The van der Waals surface area contributed by atoms with Crippen LogP contribution in [-0.2, 0) is 23.8 Å². The molecule has 0 aliphatic carbocycles. The molecule has 1 aliphatic heterocycles. The molecular formula is C21H17FN2O6. The van der Waals surface area contributed by atoms with Crippen molar-refractivity contribution in [3.8, 4) is 11.5 Å². The molecule has 0 saturated carbocycles. The number of hydrogen-bond donors (Lipinski definition) is 0. The number of esters is 2. The van der Waals surface area contributed by atoms with Crippen molar-refractivity contribution in [3.63, 3.8) is 0 Å². The molecule has 0 N–H and O–H groups in total. The van der Waals surface area contributed by atoms with Gasteiger partial charge in [0.15, 0.2) is 5.58 Å². The zero-order chi connectivity index (χ0) is 21.3. The summed E-state index contributed by atoms with van der Waals surface area (Å²) in [5, 5.41) is 0. The smallest absolute Gasteiger partial charge is 0.355 e. The number of anilines is 1. The van der Waals surface area contributed by atoms with Crippen LogP contribution in [0.1, 0.15) is 0 Å². The average Bonchev–Trinajstić information content (AvgIpc) is 3.21. The minimum Gasteiger partial charge on any atom is -0.466 e. The molecule has 4 rings (SSSR count). The Morgan fingerprint density at radius 2 is 1.90 bits per heavy atom. The highest BCUT2D eigenvalue weighted by atomic mass is 19.1. The number of benzene rings is 2. The van der Waals surface area contributed by atoms with Crippen LogP contribution in [0.25, 0.3) is 22.6 Å². The third kappa shape index (κ3) is 3.50. The maximum absolute atomic E-state index is 13.5. The molecule has 0 saturated heterocycles. The van der Waals surface area contributed by atoms with E-state index in [1.165, 1.54) is 31.3 Å². The number of rotatable bonds is 4. The molecule has 1 aromatic heterocycles. The van der Waals surface area contributed by atoms with E-state index in [1.807, 2.05) is 0 Å². The summed E-state index contributed by atoms with van der Waals surface area (Å²) in [4.78, 5) is 30.4. The number of oxazole rings is 1. The second kappa shape index (κ2) is 7.96. The number of fused-ring (bicyclic) bond motifs is 1. The van der Waals surface area contributed by atoms with E-state index < -0.39 is 17.8 Å². The first-order valence-electron chi connectivity index (χ1n) is 8.93. The second-order valence-corrected chi connectivity index (χ2v) is 6.40. The molecule has 0 atom stereocenters. The number of carbonyl (C=O) groups is 2. The van der Waals surface area contributed by atoms with Crippen LogP contribution >= 0.6 is 0 Å². The molecule has 0 spiro atoms. The molecule has 30 heavy (non-hydrogen) atoms. The van der Waals surface area contributed by atoms with Crippen molar-refractivity contribution in [2.45, 2.75) is 0 Å². The molecule has 0 bridgehead atoms. The van der Waals surface area contributed by atoms with Gasteiger partial charge in [0, 0.05) is 17.3 Å². The van der Waals surface area contributed by atoms with Crippen LogP contribution in [0, 0.1) is 5.82 Å². The maximum atomic E-state index is 13.5. The van der Waals surface area contributed by atoms with Gasteiger partial charge in [0.25, 0.3) is 0 Å². The van der Waals surface area contributed by atoms with E-state index in [-0.39, 0.29) is 30.5 Å². The Morgan fingerprint density at radius 1 is 1.10 bits per heavy atom. The molecule has 0 fully saturated rings. The summed E-state index contributed by atoms with van der Waals surface area (Å²) in [5.74, 6) is -1.52. The Hall–Kier alpha value is -3.72. The minimum absolute atomic E-state index is 0.0152. The van der Waals surface area contributed by atoms with Gasteiger partial charge >= 0.3 is 11.9 Å². The van der Waals surface area contributed by atoms with Crippen LogP contribution < -0.4 is 4.90 Å². The molecule has 3 aromatic rings. The first-order chi connectivity index (χ1) is 14.5. The van der Waals surface area contributed by atoms with Crippen molar-refractivity contribution >= 4 is 28.7 Å². The molecule has 2 aromatic carbocycles. The van der Waals surface area contributed by atoms with E-state index in [1.54, 1.807) is 30.3 Å². The van der Waals surface area contributed by atoms with Gasteiger partial charge in [-0.05, 0) is 30.3 Å². The first-order valence-corrected chi connectivity index (χ1v) is 8.93. The molecule has 1 aliphatic rings. The van der Waals surface area contributed by atoms with Crippen molar-refractivity contribution in [2.75, 3.05) is 32.5 Å². The fraction of sp³-hybridized carbons (Fsp3) is 0.190. The summed E-state index contributed by atoms with van der Waals surface area (Å²) in [5.41, 5.74) is 2.06. The van der Waals surface area contributed by atoms with Gasteiger partial charge in [-0.1, -0.05) is 6.07 Å². The van der Waals surface area contributed by atoms with Gasteiger partial charge in [-0.3, -0.25) is 0 Å². The van der Waals surface area contributed by atoms with Crippen molar-refractivity contribution < 1.29 is 32.6 Å². The number of nitrogens with zero attached hydrogens (tertiary/aromatic N) is 2. The van der Waals surface area contributed by atoms with Gasteiger partial charge in [0.05, 0.1) is 26.4 Å². The van der Waals surface area contributed by atoms with E-state index in [0.29, 0.717) is 22.4 Å². The number of hydrogen-bond acceptors (Lipinski definition) is 8. The summed E-state index contributed by atoms with van der Waals surface area (Å²) in [6.45, 7) is -0.0663. The summed E-state index contributed by atoms with van der Waals surface area (Å²) in [6, 6.07) is 11.0. The summed E-state index contributed by atoms with van der Waals surface area (Å²) in [7, 11) is 2.44. The Labute approximate surface area is 170 Å². The van der Waals surface area contributed by atoms with Gasteiger partial charge < -0.3 is 23.5 Å². The Balaban J connectivity index is 1.78. The van der Waals surface area contributed by atoms with Crippen LogP contribution in [0.4, 0.5) is 10.1 Å². The van der Waals surface area contributed by atoms with Gasteiger partial charge in [-0.25, -0.2) is 19.0 Å². The lowest BCUT2D eigenvalue weighted by atomic mass is 10.1. The molecule has 0 amide bonds. The lowest BCUT2D eigenvalue weighted by Gasteiger charge is -2.31. The predicted octanol–water partition coefficient (Wildman–Crippen LogP) is 3.03. The number of aromatic nitrogens is 1. The van der Waals surface area contributed by atoms with Crippen molar-refractivity contribution in [3.05, 3.63) is 59.6 Å². The second-order valence-electron chi connectivity index (χ2n) is 6.40. The van der Waals surface area contributed by atoms with Crippen LogP contribution in [0.2, 0.25) is 0 Å². The summed E-state index contributed by atoms with van der Waals surface area (Å²) >= 11 is 0. The number of halogens is 1. The van der Waals surface area contributed by atoms with Crippen molar-refractivity contribution in [2.24, 2.45) is 0 Å². The summed E-state index contributed by atoms with van der Waals surface area (Å²) in [6.07, 6.45) is 0. The first kappa shape index (κ1) is 19.6. The van der Waals surface area contributed by atoms with E-state index in [2.05, 4.69) is 4.98 Å². The van der Waals surface area contributed by atoms with Gasteiger partial charge in [-0.15, -0.1) is 0 Å².